The summed E-state index contributed by atoms with van der Waals surface area (Å²) < 4.78 is 67.5. The summed E-state index contributed by atoms with van der Waals surface area (Å²) >= 11 is 0. The van der Waals surface area contributed by atoms with Gasteiger partial charge in [-0.2, -0.15) is 23.7 Å². The summed E-state index contributed by atoms with van der Waals surface area (Å²) in [6, 6.07) is 6.42. The molecule has 7 nitrogen and oxygen atoms in total. The third kappa shape index (κ3) is 5.75. The molecule has 0 aliphatic heterocycles. The predicted octanol–water partition coefficient (Wildman–Crippen LogP) is 3.27. The normalized spacial score (nSPS) is 15.4. The fourth-order valence-corrected chi connectivity index (χ4v) is 3.60. The third-order valence-corrected chi connectivity index (χ3v) is 5.48. The van der Waals surface area contributed by atoms with Crippen LogP contribution in [-0.2, 0) is 18.3 Å². The molecule has 0 bridgehead atoms. The molecule has 3 aromatic rings. The van der Waals surface area contributed by atoms with Crippen LogP contribution in [0.2, 0.25) is 0 Å². The molecule has 34 heavy (non-hydrogen) atoms. The van der Waals surface area contributed by atoms with E-state index in [4.69, 9.17) is 0 Å². The van der Waals surface area contributed by atoms with Crippen LogP contribution in [0.4, 0.5) is 22.0 Å². The van der Waals surface area contributed by atoms with Crippen molar-refractivity contribution in [1.82, 2.24) is 20.2 Å². The molecule has 0 radical (unpaired) electrons. The van der Waals surface area contributed by atoms with Gasteiger partial charge in [-0.3, -0.25) is 4.79 Å². The monoisotopic (exact) mass is 484 g/mol. The second-order valence-electron chi connectivity index (χ2n) is 8.14. The number of alkyl halides is 3. The van der Waals surface area contributed by atoms with Crippen LogP contribution in [-0.4, -0.2) is 50.5 Å². The second kappa shape index (κ2) is 9.47. The lowest BCUT2D eigenvalue weighted by molar-refractivity contribution is -0.948. The van der Waals surface area contributed by atoms with Gasteiger partial charge >= 0.3 is 6.18 Å². The molecule has 0 saturated heterocycles. The molecular weight excluding hydrogens is 461 g/mol. The van der Waals surface area contributed by atoms with Gasteiger partial charge in [0.25, 0.3) is 5.91 Å². The molecule has 0 spiro atoms. The largest absolute Gasteiger partial charge is 0.416 e. The van der Waals surface area contributed by atoms with E-state index in [1.807, 2.05) is 0 Å². The highest BCUT2D eigenvalue weighted by Crippen LogP contribution is 2.30. The molecular formula is C22H23F5N5O2+. The zero-order chi connectivity index (χ0) is 25.1. The summed E-state index contributed by atoms with van der Waals surface area (Å²) in [6.45, 7) is 1.37. The number of halogens is 5. The van der Waals surface area contributed by atoms with Crippen LogP contribution in [0, 0.1) is 11.6 Å². The first-order valence-corrected chi connectivity index (χ1v) is 10.2. The minimum Gasteiger partial charge on any atom is -0.377 e. The highest BCUT2D eigenvalue weighted by atomic mass is 19.4. The van der Waals surface area contributed by atoms with Crippen molar-refractivity contribution in [1.29, 1.82) is 0 Å². The zero-order valence-corrected chi connectivity index (χ0v) is 18.4. The van der Waals surface area contributed by atoms with Gasteiger partial charge in [-0.05, 0) is 43.3 Å². The fourth-order valence-electron chi connectivity index (χ4n) is 3.60. The molecule has 2 unspecified atom stereocenters. The van der Waals surface area contributed by atoms with Gasteiger partial charge in [0.15, 0.2) is 5.60 Å². The van der Waals surface area contributed by atoms with Crippen LogP contribution < -0.4 is 5.43 Å². The van der Waals surface area contributed by atoms with Gasteiger partial charge in [0, 0.05) is 17.2 Å². The summed E-state index contributed by atoms with van der Waals surface area (Å²) in [5.41, 5.74) is -0.443. The summed E-state index contributed by atoms with van der Waals surface area (Å²) in [4.78, 5) is 16.6. The number of quaternary nitrogens is 1. The Hall–Kier alpha value is -3.38. The minimum atomic E-state index is -4.54. The smallest absolute Gasteiger partial charge is 0.377 e. The van der Waals surface area contributed by atoms with E-state index in [1.165, 1.54) is 17.3 Å². The van der Waals surface area contributed by atoms with Crippen molar-refractivity contribution in [3.8, 4) is 0 Å². The molecule has 1 heterocycles. The number of benzene rings is 2. The van der Waals surface area contributed by atoms with Crippen molar-refractivity contribution in [2.75, 3.05) is 20.1 Å². The van der Waals surface area contributed by atoms with E-state index < -0.39 is 34.9 Å². The van der Waals surface area contributed by atoms with Crippen molar-refractivity contribution in [2.24, 2.45) is 0 Å². The Kier molecular flexibility index (Phi) is 7.03. The van der Waals surface area contributed by atoms with Crippen molar-refractivity contribution in [3.05, 3.63) is 83.4 Å². The molecule has 0 fully saturated rings. The number of hydrogen-bond donors (Lipinski definition) is 2. The number of aliphatic hydroxyl groups is 1. The standard InChI is InChI=1S/C22H22F5N5O2/c1-3-32(2,30-20(33)15-4-6-16(7-5-15)22(25,26)27)12-21(34,11-31-14-28-13-29-31)18-9-8-17(23)10-19(18)24/h4-10,13-14,34H,3,11-12H2,1-2H3/p+1. The number of carbonyl (C=O) groups excluding carboxylic acids is 1. The van der Waals surface area contributed by atoms with Crippen LogP contribution in [0.1, 0.15) is 28.4 Å². The maximum Gasteiger partial charge on any atom is 0.416 e. The van der Waals surface area contributed by atoms with Crippen LogP contribution in [0.5, 0.6) is 0 Å². The molecule has 182 valence electrons. The zero-order valence-electron chi connectivity index (χ0n) is 18.4. The highest BCUT2D eigenvalue weighted by molar-refractivity contribution is 5.93. The van der Waals surface area contributed by atoms with Crippen LogP contribution in [0.3, 0.4) is 0 Å². The van der Waals surface area contributed by atoms with Gasteiger partial charge < -0.3 is 5.11 Å². The van der Waals surface area contributed by atoms with Gasteiger partial charge in [0.2, 0.25) is 0 Å². The molecule has 0 saturated carbocycles. The molecule has 12 heteroatoms. The van der Waals surface area contributed by atoms with Gasteiger partial charge in [0.05, 0.1) is 25.7 Å². The van der Waals surface area contributed by atoms with Gasteiger partial charge in [-0.1, -0.05) is 0 Å². The van der Waals surface area contributed by atoms with Crippen molar-refractivity contribution in [2.45, 2.75) is 25.2 Å². The summed E-state index contributed by atoms with van der Waals surface area (Å²) in [6.07, 6.45) is -2.01. The maximum absolute atomic E-state index is 14.7. The number of amides is 1. The number of nitrogens with one attached hydrogen (secondary N) is 1. The Balaban J connectivity index is 1.90. The highest BCUT2D eigenvalue weighted by Gasteiger charge is 2.42. The fraction of sp³-hybridized carbons (Fsp3) is 0.318. The van der Waals surface area contributed by atoms with Crippen LogP contribution in [0.25, 0.3) is 0 Å². The summed E-state index contributed by atoms with van der Waals surface area (Å²) in [5, 5.41) is 15.5. The van der Waals surface area contributed by atoms with E-state index in [-0.39, 0.29) is 35.4 Å². The number of hydrogen-bond acceptors (Lipinski definition) is 4. The Labute approximate surface area is 192 Å². The van der Waals surface area contributed by atoms with E-state index in [2.05, 4.69) is 15.5 Å². The maximum atomic E-state index is 14.7. The molecule has 0 aliphatic rings. The number of nitrogens with zero attached hydrogens (tertiary/aromatic N) is 4. The van der Waals surface area contributed by atoms with Gasteiger partial charge in [0.1, 0.15) is 30.8 Å². The predicted molar refractivity (Wildman–Crippen MR) is 111 cm³/mol. The molecule has 2 aromatic carbocycles. The van der Waals surface area contributed by atoms with E-state index >= 15 is 0 Å². The summed E-state index contributed by atoms with van der Waals surface area (Å²) in [7, 11) is 1.55. The molecule has 3 rings (SSSR count). The van der Waals surface area contributed by atoms with Crippen LogP contribution >= 0.6 is 0 Å². The second-order valence-corrected chi connectivity index (χ2v) is 8.14. The molecule has 1 aromatic heterocycles. The van der Waals surface area contributed by atoms with Gasteiger partial charge in [-0.15, -0.1) is 0 Å². The lowest BCUT2D eigenvalue weighted by Crippen LogP contribution is -2.63. The average Bonchev–Trinajstić information content (AvgIpc) is 3.25. The Bertz CT molecular complexity index is 1140. The van der Waals surface area contributed by atoms with E-state index in [1.54, 1.807) is 14.0 Å². The average molecular weight is 484 g/mol. The quantitative estimate of drug-likeness (QED) is 0.292. The number of likely N-dealkylation sites (N-methyl/N-ethyl adjacent to an activating group) is 1. The van der Waals surface area contributed by atoms with E-state index in [9.17, 15) is 31.9 Å². The Morgan fingerprint density at radius 2 is 1.82 bits per heavy atom. The van der Waals surface area contributed by atoms with Crippen LogP contribution in [0.15, 0.2) is 55.1 Å². The molecule has 2 N–H and O–H groups in total. The molecule has 1 amide bonds. The van der Waals surface area contributed by atoms with Gasteiger partial charge in [-0.25, -0.2) is 23.0 Å². The molecule has 0 aliphatic carbocycles. The van der Waals surface area contributed by atoms with E-state index in [0.717, 1.165) is 36.4 Å². The van der Waals surface area contributed by atoms with Crippen molar-refractivity contribution >= 4 is 5.91 Å². The van der Waals surface area contributed by atoms with E-state index in [0.29, 0.717) is 6.07 Å². The lowest BCUT2D eigenvalue weighted by Gasteiger charge is -2.39. The lowest BCUT2D eigenvalue weighted by atomic mass is 9.92. The Morgan fingerprint density at radius 1 is 1.15 bits per heavy atom. The first-order valence-electron chi connectivity index (χ1n) is 10.2. The minimum absolute atomic E-state index is 0.0291. The first-order chi connectivity index (χ1) is 15.8. The Morgan fingerprint density at radius 3 is 2.35 bits per heavy atom. The topological polar surface area (TPSA) is 80.0 Å². The number of carbonyl (C=O) groups is 1. The third-order valence-electron chi connectivity index (χ3n) is 5.48. The number of aromatic nitrogens is 3. The van der Waals surface area contributed by atoms with Crippen molar-refractivity contribution in [3.63, 3.8) is 0 Å². The summed E-state index contributed by atoms with van der Waals surface area (Å²) in [5.74, 6) is -2.51. The first kappa shape index (κ1) is 25.2. The van der Waals surface area contributed by atoms with Crippen molar-refractivity contribution < 1.29 is 36.4 Å². The SMILES string of the molecule is CC[N+](C)(CC(O)(Cn1cncn1)c1ccc(F)cc1F)NC(=O)c1ccc(C(F)(F)F)cc1. The molecule has 2 atom stereocenters. The number of rotatable bonds is 8.